The Hall–Kier alpha value is -0.680. The molecule has 1 atom stereocenters. The highest BCUT2D eigenvalue weighted by Gasteiger charge is 2.27. The van der Waals surface area contributed by atoms with Crippen molar-refractivity contribution in [1.29, 1.82) is 0 Å². The van der Waals surface area contributed by atoms with Crippen LogP contribution in [0.25, 0.3) is 0 Å². The second-order valence-electron chi connectivity index (χ2n) is 4.26. The first-order valence-electron chi connectivity index (χ1n) is 6.00. The fourth-order valence-corrected chi connectivity index (χ4v) is 2.56. The zero-order chi connectivity index (χ0) is 12.3. The van der Waals surface area contributed by atoms with Crippen molar-refractivity contribution in [3.05, 3.63) is 22.6 Å². The third kappa shape index (κ3) is 2.96. The third-order valence-corrected chi connectivity index (χ3v) is 3.50. The number of nitrogens with zero attached hydrogens (tertiary/aromatic N) is 2. The van der Waals surface area contributed by atoms with Gasteiger partial charge in [0.05, 0.1) is 0 Å². The number of rotatable bonds is 4. The van der Waals surface area contributed by atoms with E-state index in [1.54, 1.807) is 6.20 Å². The number of pyridine rings is 1. The molecule has 0 amide bonds. The fourth-order valence-electron chi connectivity index (χ4n) is 2.26. The Morgan fingerprint density at radius 2 is 2.47 bits per heavy atom. The molecule has 1 saturated heterocycles. The van der Waals surface area contributed by atoms with Gasteiger partial charge in [0, 0.05) is 29.8 Å². The van der Waals surface area contributed by atoms with Crippen molar-refractivity contribution in [3.8, 4) is 0 Å². The van der Waals surface area contributed by atoms with Gasteiger partial charge in [-0.1, -0.05) is 6.92 Å². The second kappa shape index (κ2) is 5.78. The highest BCUT2D eigenvalue weighted by atomic mass is 79.9. The highest BCUT2D eigenvalue weighted by Crippen LogP contribution is 2.27. The number of hydrogen-bond donors (Lipinski definition) is 1. The van der Waals surface area contributed by atoms with Crippen LogP contribution in [0.4, 0.5) is 10.2 Å². The summed E-state index contributed by atoms with van der Waals surface area (Å²) < 4.78 is 14.5. The highest BCUT2D eigenvalue weighted by molar-refractivity contribution is 9.10. The SMILES string of the molecule is CCNCC1CCCN1c1ncc(Br)cc1F. The van der Waals surface area contributed by atoms with Crippen molar-refractivity contribution in [2.75, 3.05) is 24.5 Å². The van der Waals surface area contributed by atoms with E-state index in [9.17, 15) is 4.39 Å². The van der Waals surface area contributed by atoms with Crippen molar-refractivity contribution < 1.29 is 4.39 Å². The Kier molecular flexibility index (Phi) is 4.34. The molecule has 2 heterocycles. The molecule has 1 aliphatic rings. The predicted molar refractivity (Wildman–Crippen MR) is 70.8 cm³/mol. The maximum absolute atomic E-state index is 13.8. The van der Waals surface area contributed by atoms with Crippen molar-refractivity contribution in [1.82, 2.24) is 10.3 Å². The second-order valence-corrected chi connectivity index (χ2v) is 5.17. The predicted octanol–water partition coefficient (Wildman–Crippen LogP) is 2.56. The Morgan fingerprint density at radius 3 is 3.18 bits per heavy atom. The van der Waals surface area contributed by atoms with E-state index in [1.165, 1.54) is 6.07 Å². The van der Waals surface area contributed by atoms with Crippen LogP contribution in [-0.4, -0.2) is 30.7 Å². The lowest BCUT2D eigenvalue weighted by atomic mass is 10.2. The van der Waals surface area contributed by atoms with E-state index in [0.717, 1.165) is 32.5 Å². The van der Waals surface area contributed by atoms with Crippen LogP contribution >= 0.6 is 15.9 Å². The first-order chi connectivity index (χ1) is 8.22. The molecule has 3 nitrogen and oxygen atoms in total. The number of likely N-dealkylation sites (N-methyl/N-ethyl adjacent to an activating group) is 1. The maximum Gasteiger partial charge on any atom is 0.166 e. The zero-order valence-corrected chi connectivity index (χ0v) is 11.5. The van der Waals surface area contributed by atoms with Gasteiger partial charge in [0.25, 0.3) is 0 Å². The van der Waals surface area contributed by atoms with Crippen LogP contribution in [0.1, 0.15) is 19.8 Å². The summed E-state index contributed by atoms with van der Waals surface area (Å²) in [7, 11) is 0. The molecular weight excluding hydrogens is 285 g/mol. The average Bonchev–Trinajstić information content (AvgIpc) is 2.74. The van der Waals surface area contributed by atoms with E-state index in [-0.39, 0.29) is 5.82 Å². The Bertz CT molecular complexity index is 386. The van der Waals surface area contributed by atoms with Gasteiger partial charge in [-0.2, -0.15) is 0 Å². The summed E-state index contributed by atoms with van der Waals surface area (Å²) in [6, 6.07) is 1.84. The minimum absolute atomic E-state index is 0.247. The van der Waals surface area contributed by atoms with Gasteiger partial charge in [-0.25, -0.2) is 9.37 Å². The molecule has 1 aliphatic heterocycles. The molecule has 0 spiro atoms. The van der Waals surface area contributed by atoms with Crippen LogP contribution in [0.15, 0.2) is 16.7 Å². The fraction of sp³-hybridized carbons (Fsp3) is 0.583. The van der Waals surface area contributed by atoms with Crippen molar-refractivity contribution >= 4 is 21.7 Å². The molecule has 2 rings (SSSR count). The van der Waals surface area contributed by atoms with Gasteiger partial charge in [0.15, 0.2) is 11.6 Å². The summed E-state index contributed by atoms with van der Waals surface area (Å²) in [5.41, 5.74) is 0. The molecule has 94 valence electrons. The van der Waals surface area contributed by atoms with Gasteiger partial charge in [-0.15, -0.1) is 0 Å². The largest absolute Gasteiger partial charge is 0.350 e. The van der Waals surface area contributed by atoms with Gasteiger partial charge in [0.2, 0.25) is 0 Å². The smallest absolute Gasteiger partial charge is 0.166 e. The molecule has 5 heteroatoms. The average molecular weight is 302 g/mol. The summed E-state index contributed by atoms with van der Waals surface area (Å²) in [4.78, 5) is 6.27. The van der Waals surface area contributed by atoms with Crippen molar-refractivity contribution in [3.63, 3.8) is 0 Å². The molecule has 17 heavy (non-hydrogen) atoms. The number of halogens is 2. The standard InChI is InChI=1S/C12H17BrFN3/c1-2-15-8-10-4-3-5-17(10)12-11(14)6-9(13)7-16-12/h6-7,10,15H,2-5,8H2,1H3. The molecule has 0 aliphatic carbocycles. The summed E-state index contributed by atoms with van der Waals surface area (Å²) in [5, 5.41) is 3.32. The maximum atomic E-state index is 13.8. The summed E-state index contributed by atoms with van der Waals surface area (Å²) in [6.07, 6.45) is 3.86. The zero-order valence-electron chi connectivity index (χ0n) is 9.92. The summed E-state index contributed by atoms with van der Waals surface area (Å²) >= 11 is 3.23. The Morgan fingerprint density at radius 1 is 1.65 bits per heavy atom. The van der Waals surface area contributed by atoms with Gasteiger partial charge in [-0.3, -0.25) is 0 Å². The van der Waals surface area contributed by atoms with Crippen molar-refractivity contribution in [2.24, 2.45) is 0 Å². The van der Waals surface area contributed by atoms with Crippen LogP contribution in [0.5, 0.6) is 0 Å². The lowest BCUT2D eigenvalue weighted by molar-refractivity contribution is 0.563. The minimum atomic E-state index is -0.247. The first-order valence-corrected chi connectivity index (χ1v) is 6.80. The summed E-state index contributed by atoms with van der Waals surface area (Å²) in [5.74, 6) is 0.233. The molecule has 0 saturated carbocycles. The van der Waals surface area contributed by atoms with E-state index in [4.69, 9.17) is 0 Å². The van der Waals surface area contributed by atoms with Crippen LogP contribution in [0.3, 0.4) is 0 Å². The number of hydrogen-bond acceptors (Lipinski definition) is 3. The van der Waals surface area contributed by atoms with Gasteiger partial charge in [-0.05, 0) is 41.4 Å². The van der Waals surface area contributed by atoms with E-state index < -0.39 is 0 Å². The molecule has 1 aromatic heterocycles. The van der Waals surface area contributed by atoms with E-state index >= 15 is 0 Å². The van der Waals surface area contributed by atoms with Gasteiger partial charge >= 0.3 is 0 Å². The minimum Gasteiger partial charge on any atom is -0.350 e. The van der Waals surface area contributed by atoms with Gasteiger partial charge < -0.3 is 10.2 Å². The Balaban J connectivity index is 2.14. The third-order valence-electron chi connectivity index (χ3n) is 3.07. The van der Waals surface area contributed by atoms with Crippen LogP contribution in [0, 0.1) is 5.82 Å². The molecule has 0 aromatic carbocycles. The van der Waals surface area contributed by atoms with E-state index in [2.05, 4.69) is 38.1 Å². The van der Waals surface area contributed by atoms with Gasteiger partial charge in [0.1, 0.15) is 0 Å². The van der Waals surface area contributed by atoms with Crippen LogP contribution in [-0.2, 0) is 0 Å². The monoisotopic (exact) mass is 301 g/mol. The number of aromatic nitrogens is 1. The topological polar surface area (TPSA) is 28.2 Å². The van der Waals surface area contributed by atoms with E-state index in [0.29, 0.717) is 16.3 Å². The molecule has 1 N–H and O–H groups in total. The first kappa shape index (κ1) is 12.8. The molecule has 1 aromatic rings. The van der Waals surface area contributed by atoms with E-state index in [1.807, 2.05) is 0 Å². The Labute approximate surface area is 110 Å². The molecular formula is C12H17BrFN3. The lowest BCUT2D eigenvalue weighted by Crippen LogP contribution is -2.38. The molecule has 1 unspecified atom stereocenters. The van der Waals surface area contributed by atoms with Crippen LogP contribution < -0.4 is 10.2 Å². The quantitative estimate of drug-likeness (QED) is 0.926. The number of anilines is 1. The molecule has 0 radical (unpaired) electrons. The molecule has 1 fully saturated rings. The number of nitrogens with one attached hydrogen (secondary N) is 1. The normalized spacial score (nSPS) is 19.9. The molecule has 0 bridgehead atoms. The van der Waals surface area contributed by atoms with Crippen molar-refractivity contribution in [2.45, 2.75) is 25.8 Å². The van der Waals surface area contributed by atoms with Crippen LogP contribution in [0.2, 0.25) is 0 Å². The lowest BCUT2D eigenvalue weighted by Gasteiger charge is -2.26. The summed E-state index contributed by atoms with van der Waals surface area (Å²) in [6.45, 7) is 4.81.